The van der Waals surface area contributed by atoms with E-state index in [1.807, 2.05) is 0 Å². The highest BCUT2D eigenvalue weighted by atomic mass is 32.2. The summed E-state index contributed by atoms with van der Waals surface area (Å²) in [4.78, 5) is 0. The van der Waals surface area contributed by atoms with E-state index in [1.165, 1.54) is 45.2 Å². The van der Waals surface area contributed by atoms with Gasteiger partial charge >= 0.3 is 0 Å². The van der Waals surface area contributed by atoms with Crippen LogP contribution in [0.4, 0.5) is 0 Å². The zero-order valence-electron chi connectivity index (χ0n) is 9.54. The Balaban J connectivity index is 1.71. The molecule has 0 spiro atoms. The standard InChI is InChI=1S/C12H23NS/c1-10(2)8-11-4-3-7-13(9-11)14-12-5-6-12/h10-12H,3-9H2,1-2H3. The largest absolute Gasteiger partial charge is 0.250 e. The molecule has 1 saturated carbocycles. The van der Waals surface area contributed by atoms with Gasteiger partial charge in [-0.2, -0.15) is 0 Å². The zero-order chi connectivity index (χ0) is 9.97. The Morgan fingerprint density at radius 3 is 2.71 bits per heavy atom. The molecule has 0 bridgehead atoms. The molecule has 1 nitrogen and oxygen atoms in total. The van der Waals surface area contributed by atoms with Crippen molar-refractivity contribution in [2.45, 2.75) is 51.2 Å². The Morgan fingerprint density at radius 2 is 2.07 bits per heavy atom. The van der Waals surface area contributed by atoms with Crippen LogP contribution in [-0.4, -0.2) is 22.6 Å². The maximum atomic E-state index is 2.65. The molecule has 2 fully saturated rings. The van der Waals surface area contributed by atoms with Gasteiger partial charge in [0.25, 0.3) is 0 Å². The summed E-state index contributed by atoms with van der Waals surface area (Å²) in [6.07, 6.45) is 7.27. The smallest absolute Gasteiger partial charge is 0.0196 e. The van der Waals surface area contributed by atoms with Crippen LogP contribution < -0.4 is 0 Å². The van der Waals surface area contributed by atoms with E-state index < -0.39 is 0 Å². The minimum absolute atomic E-state index is 0.880. The monoisotopic (exact) mass is 213 g/mol. The summed E-state index contributed by atoms with van der Waals surface area (Å²) in [5.74, 6) is 1.86. The van der Waals surface area contributed by atoms with Crippen LogP contribution in [-0.2, 0) is 0 Å². The molecule has 2 rings (SSSR count). The molecular formula is C12H23NS. The molecule has 1 unspecified atom stereocenters. The lowest BCUT2D eigenvalue weighted by molar-refractivity contribution is 0.252. The molecule has 2 heteroatoms. The Morgan fingerprint density at radius 1 is 1.29 bits per heavy atom. The zero-order valence-corrected chi connectivity index (χ0v) is 10.4. The van der Waals surface area contributed by atoms with Crippen LogP contribution in [0, 0.1) is 11.8 Å². The first-order valence-electron chi connectivity index (χ1n) is 6.15. The molecule has 14 heavy (non-hydrogen) atoms. The Kier molecular flexibility index (Phi) is 3.78. The molecule has 0 aromatic carbocycles. The van der Waals surface area contributed by atoms with E-state index in [1.54, 1.807) is 0 Å². The van der Waals surface area contributed by atoms with Gasteiger partial charge in [0.05, 0.1) is 0 Å². The van der Waals surface area contributed by atoms with Crippen molar-refractivity contribution in [1.29, 1.82) is 0 Å². The van der Waals surface area contributed by atoms with Crippen LogP contribution in [0.3, 0.4) is 0 Å². The highest BCUT2D eigenvalue weighted by Crippen LogP contribution is 2.38. The molecule has 0 N–H and O–H groups in total. The number of nitrogens with zero attached hydrogens (tertiary/aromatic N) is 1. The van der Waals surface area contributed by atoms with E-state index in [0.717, 1.165) is 17.1 Å². The summed E-state index contributed by atoms with van der Waals surface area (Å²) < 4.78 is 2.65. The fraction of sp³-hybridized carbons (Fsp3) is 1.00. The first kappa shape index (κ1) is 10.8. The van der Waals surface area contributed by atoms with Gasteiger partial charge in [0.2, 0.25) is 0 Å². The molecule has 0 aromatic heterocycles. The number of piperidine rings is 1. The van der Waals surface area contributed by atoms with Crippen molar-refractivity contribution < 1.29 is 0 Å². The van der Waals surface area contributed by atoms with E-state index in [9.17, 15) is 0 Å². The lowest BCUT2D eigenvalue weighted by Gasteiger charge is -2.32. The first-order valence-corrected chi connectivity index (χ1v) is 6.99. The molecule has 0 radical (unpaired) electrons. The van der Waals surface area contributed by atoms with E-state index in [0.29, 0.717) is 0 Å². The van der Waals surface area contributed by atoms with Gasteiger partial charge in [-0.25, -0.2) is 0 Å². The molecule has 82 valence electrons. The van der Waals surface area contributed by atoms with Crippen molar-refractivity contribution in [2.24, 2.45) is 11.8 Å². The third-order valence-electron chi connectivity index (χ3n) is 3.11. The van der Waals surface area contributed by atoms with E-state index in [2.05, 4.69) is 30.1 Å². The Bertz CT molecular complexity index is 167. The maximum absolute atomic E-state index is 2.65. The second-order valence-electron chi connectivity index (χ2n) is 5.33. The third-order valence-corrected chi connectivity index (χ3v) is 4.51. The van der Waals surface area contributed by atoms with Crippen LogP contribution in [0.1, 0.15) is 46.0 Å². The van der Waals surface area contributed by atoms with Gasteiger partial charge in [0.1, 0.15) is 0 Å². The lowest BCUT2D eigenvalue weighted by atomic mass is 9.91. The number of hydrogen-bond acceptors (Lipinski definition) is 2. The molecular weight excluding hydrogens is 190 g/mol. The van der Waals surface area contributed by atoms with Crippen LogP contribution in [0.15, 0.2) is 0 Å². The molecule has 1 aliphatic carbocycles. The summed E-state index contributed by atoms with van der Waals surface area (Å²) in [5.41, 5.74) is 0. The van der Waals surface area contributed by atoms with Gasteiger partial charge in [-0.05, 0) is 43.9 Å². The molecule has 1 heterocycles. The molecule has 2 aliphatic rings. The van der Waals surface area contributed by atoms with Crippen molar-refractivity contribution >= 4 is 11.9 Å². The fourth-order valence-electron chi connectivity index (χ4n) is 2.37. The quantitative estimate of drug-likeness (QED) is 0.657. The number of hydrogen-bond donors (Lipinski definition) is 0. The highest BCUT2D eigenvalue weighted by Gasteiger charge is 2.28. The second kappa shape index (κ2) is 4.89. The predicted molar refractivity (Wildman–Crippen MR) is 64.4 cm³/mol. The normalized spacial score (nSPS) is 29.8. The summed E-state index contributed by atoms with van der Waals surface area (Å²) in [5, 5.41) is 0.993. The van der Waals surface area contributed by atoms with Crippen LogP contribution in [0.2, 0.25) is 0 Å². The fourth-order valence-corrected chi connectivity index (χ4v) is 3.67. The highest BCUT2D eigenvalue weighted by molar-refractivity contribution is 7.97. The average Bonchev–Trinajstić information content (AvgIpc) is 2.87. The molecule has 0 amide bonds. The summed E-state index contributed by atoms with van der Waals surface area (Å²) in [6, 6.07) is 0. The average molecular weight is 213 g/mol. The van der Waals surface area contributed by atoms with Gasteiger partial charge in [0.15, 0.2) is 0 Å². The minimum Gasteiger partial charge on any atom is -0.250 e. The third kappa shape index (κ3) is 3.47. The lowest BCUT2D eigenvalue weighted by Crippen LogP contribution is -2.31. The van der Waals surface area contributed by atoms with Gasteiger partial charge in [-0.3, -0.25) is 4.31 Å². The van der Waals surface area contributed by atoms with Crippen molar-refractivity contribution in [3.63, 3.8) is 0 Å². The van der Waals surface area contributed by atoms with Crippen LogP contribution >= 0.6 is 11.9 Å². The van der Waals surface area contributed by atoms with Gasteiger partial charge in [0, 0.05) is 18.3 Å². The Hall–Kier alpha value is 0.310. The number of rotatable bonds is 4. The minimum atomic E-state index is 0.880. The van der Waals surface area contributed by atoms with Crippen LogP contribution in [0.5, 0.6) is 0 Å². The summed E-state index contributed by atoms with van der Waals surface area (Å²) in [6.45, 7) is 7.41. The van der Waals surface area contributed by atoms with E-state index in [4.69, 9.17) is 0 Å². The van der Waals surface area contributed by atoms with Gasteiger partial charge in [-0.1, -0.05) is 25.8 Å². The van der Waals surface area contributed by atoms with Crippen molar-refractivity contribution in [3.8, 4) is 0 Å². The van der Waals surface area contributed by atoms with Crippen molar-refractivity contribution in [3.05, 3.63) is 0 Å². The molecule has 1 saturated heterocycles. The van der Waals surface area contributed by atoms with Crippen molar-refractivity contribution in [2.75, 3.05) is 13.1 Å². The van der Waals surface area contributed by atoms with E-state index >= 15 is 0 Å². The second-order valence-corrected chi connectivity index (χ2v) is 6.72. The SMILES string of the molecule is CC(C)CC1CCCN(SC2CC2)C1. The summed E-state index contributed by atoms with van der Waals surface area (Å²) >= 11 is 2.15. The topological polar surface area (TPSA) is 3.24 Å². The summed E-state index contributed by atoms with van der Waals surface area (Å²) in [7, 11) is 0. The maximum Gasteiger partial charge on any atom is 0.0196 e. The van der Waals surface area contributed by atoms with Crippen molar-refractivity contribution in [1.82, 2.24) is 4.31 Å². The van der Waals surface area contributed by atoms with Crippen LogP contribution in [0.25, 0.3) is 0 Å². The van der Waals surface area contributed by atoms with Gasteiger partial charge in [-0.15, -0.1) is 0 Å². The first-order chi connectivity index (χ1) is 6.74. The van der Waals surface area contributed by atoms with Gasteiger partial charge < -0.3 is 0 Å². The van der Waals surface area contributed by atoms with E-state index in [-0.39, 0.29) is 0 Å². The molecule has 1 aliphatic heterocycles. The molecule has 0 aromatic rings. The Labute approximate surface area is 92.8 Å². The molecule has 1 atom stereocenters. The predicted octanol–water partition coefficient (Wildman–Crippen LogP) is 3.56.